The van der Waals surface area contributed by atoms with E-state index in [1.54, 1.807) is 7.11 Å². The fourth-order valence-corrected chi connectivity index (χ4v) is 3.09. The van der Waals surface area contributed by atoms with Gasteiger partial charge in [0.2, 0.25) is 5.91 Å². The number of carbonyl (C=O) groups is 1. The maximum atomic E-state index is 11.8. The van der Waals surface area contributed by atoms with E-state index in [0.29, 0.717) is 18.3 Å². The molecule has 1 aromatic carbocycles. The summed E-state index contributed by atoms with van der Waals surface area (Å²) in [6.45, 7) is 2.21. The minimum Gasteiger partial charge on any atom is -0.493 e. The number of amides is 1. The van der Waals surface area contributed by atoms with Gasteiger partial charge in [0.05, 0.1) is 25.5 Å². The number of nitrogens with zero attached hydrogens (tertiary/aromatic N) is 1. The molecule has 1 aliphatic rings. The Morgan fingerprint density at radius 2 is 2.33 bits per heavy atom. The monoisotopic (exact) mass is 369 g/mol. The number of fused-ring (bicyclic) bond motifs is 1. The predicted molar refractivity (Wildman–Crippen MR) is 97.4 cm³/mol. The molecule has 1 aromatic heterocycles. The van der Waals surface area contributed by atoms with E-state index in [4.69, 9.17) is 9.47 Å². The Kier molecular flexibility index (Phi) is 6.99. The Hall–Kier alpha value is -1.67. The number of thiazole rings is 1. The van der Waals surface area contributed by atoms with E-state index in [0.717, 1.165) is 30.0 Å². The summed E-state index contributed by atoms with van der Waals surface area (Å²) in [6, 6.07) is 6.08. The van der Waals surface area contributed by atoms with Crippen LogP contribution in [-0.4, -0.2) is 44.3 Å². The van der Waals surface area contributed by atoms with Crippen LogP contribution in [0.1, 0.15) is 5.56 Å². The van der Waals surface area contributed by atoms with Gasteiger partial charge in [-0.2, -0.15) is 0 Å². The van der Waals surface area contributed by atoms with Crippen LogP contribution in [0.15, 0.2) is 23.6 Å². The molecule has 8 heteroatoms. The summed E-state index contributed by atoms with van der Waals surface area (Å²) < 4.78 is 10.4. The zero-order chi connectivity index (χ0) is 16.1. The zero-order valence-electron chi connectivity index (χ0n) is 13.3. The van der Waals surface area contributed by atoms with Crippen molar-refractivity contribution in [1.82, 2.24) is 10.3 Å². The van der Waals surface area contributed by atoms with E-state index in [1.807, 2.05) is 17.5 Å². The average Bonchev–Trinajstić information content (AvgIpc) is 3.19. The molecular weight excluding hydrogens is 350 g/mol. The minimum atomic E-state index is -0.107. The molecule has 2 aromatic rings. The highest BCUT2D eigenvalue weighted by molar-refractivity contribution is 7.14. The molecule has 0 aliphatic carbocycles. The third-order valence-corrected chi connectivity index (χ3v) is 4.26. The minimum absolute atomic E-state index is 0. The van der Waals surface area contributed by atoms with Gasteiger partial charge >= 0.3 is 0 Å². The fourth-order valence-electron chi connectivity index (χ4n) is 2.35. The lowest BCUT2D eigenvalue weighted by Gasteiger charge is -2.04. The number of nitrogens with one attached hydrogen (secondary N) is 2. The van der Waals surface area contributed by atoms with Gasteiger partial charge in [-0.1, -0.05) is 0 Å². The maximum absolute atomic E-state index is 11.8. The summed E-state index contributed by atoms with van der Waals surface area (Å²) in [5, 5.41) is 8.36. The molecule has 24 heavy (non-hydrogen) atoms. The Balaban J connectivity index is 0.00000208. The Bertz CT molecular complexity index is 693. The van der Waals surface area contributed by atoms with Crippen molar-refractivity contribution in [2.24, 2.45) is 0 Å². The Morgan fingerprint density at radius 3 is 3.17 bits per heavy atom. The fraction of sp³-hybridized carbons (Fsp3) is 0.375. The molecule has 0 bridgehead atoms. The molecule has 0 spiro atoms. The summed E-state index contributed by atoms with van der Waals surface area (Å²) in [6.07, 6.45) is 0.935. The lowest BCUT2D eigenvalue weighted by atomic mass is 10.1. The van der Waals surface area contributed by atoms with Gasteiger partial charge in [-0.15, -0.1) is 23.7 Å². The number of rotatable bonds is 7. The van der Waals surface area contributed by atoms with Crippen molar-refractivity contribution in [2.45, 2.75) is 6.42 Å². The quantitative estimate of drug-likeness (QED) is 0.733. The number of ether oxygens (including phenoxy) is 2. The van der Waals surface area contributed by atoms with Gasteiger partial charge in [-0.05, 0) is 23.8 Å². The van der Waals surface area contributed by atoms with Crippen molar-refractivity contribution in [2.75, 3.05) is 38.7 Å². The molecule has 2 heterocycles. The van der Waals surface area contributed by atoms with Gasteiger partial charge in [0.15, 0.2) is 5.13 Å². The maximum Gasteiger partial charge on any atom is 0.240 e. The molecule has 0 atom stereocenters. The number of benzene rings is 1. The highest BCUT2D eigenvalue weighted by Crippen LogP contribution is 2.31. The number of halogens is 1. The number of anilines is 1. The third-order valence-electron chi connectivity index (χ3n) is 3.50. The molecule has 0 saturated heterocycles. The lowest BCUT2D eigenvalue weighted by Crippen LogP contribution is -2.30. The van der Waals surface area contributed by atoms with Crippen molar-refractivity contribution < 1.29 is 14.3 Å². The highest BCUT2D eigenvalue weighted by atomic mass is 35.5. The van der Waals surface area contributed by atoms with E-state index in [1.165, 1.54) is 16.9 Å². The summed E-state index contributed by atoms with van der Waals surface area (Å²) in [5.74, 6) is 0.851. The molecule has 0 fully saturated rings. The van der Waals surface area contributed by atoms with Crippen LogP contribution >= 0.6 is 23.7 Å². The molecule has 0 saturated carbocycles. The van der Waals surface area contributed by atoms with Crippen LogP contribution in [0, 0.1) is 0 Å². The molecule has 2 N–H and O–H groups in total. The van der Waals surface area contributed by atoms with Gasteiger partial charge in [0.25, 0.3) is 0 Å². The van der Waals surface area contributed by atoms with Crippen LogP contribution in [0.25, 0.3) is 11.3 Å². The zero-order valence-corrected chi connectivity index (χ0v) is 15.0. The molecule has 3 rings (SSSR count). The average molecular weight is 370 g/mol. The van der Waals surface area contributed by atoms with Crippen LogP contribution in [-0.2, 0) is 16.0 Å². The first kappa shape index (κ1) is 18.7. The molecule has 6 nitrogen and oxygen atoms in total. The van der Waals surface area contributed by atoms with Gasteiger partial charge in [-0.3, -0.25) is 4.79 Å². The molecule has 0 radical (unpaired) electrons. The van der Waals surface area contributed by atoms with E-state index in [-0.39, 0.29) is 24.9 Å². The Morgan fingerprint density at radius 1 is 1.46 bits per heavy atom. The molecule has 0 unspecified atom stereocenters. The predicted octanol–water partition coefficient (Wildman–Crippen LogP) is 2.34. The molecular formula is C16H20ClN3O3S. The molecule has 1 aliphatic heterocycles. The topological polar surface area (TPSA) is 72.5 Å². The third kappa shape index (κ3) is 4.67. The van der Waals surface area contributed by atoms with E-state index in [2.05, 4.69) is 21.7 Å². The van der Waals surface area contributed by atoms with Crippen LogP contribution in [0.2, 0.25) is 0 Å². The van der Waals surface area contributed by atoms with Gasteiger partial charge < -0.3 is 20.1 Å². The van der Waals surface area contributed by atoms with Crippen LogP contribution in [0.3, 0.4) is 0 Å². The summed E-state index contributed by atoms with van der Waals surface area (Å²) in [7, 11) is 1.63. The molecule has 130 valence electrons. The lowest BCUT2D eigenvalue weighted by molar-refractivity contribution is -0.115. The van der Waals surface area contributed by atoms with Crippen molar-refractivity contribution in [3.63, 3.8) is 0 Å². The van der Waals surface area contributed by atoms with E-state index < -0.39 is 0 Å². The van der Waals surface area contributed by atoms with Gasteiger partial charge in [0.1, 0.15) is 5.75 Å². The first-order valence-corrected chi connectivity index (χ1v) is 8.35. The van der Waals surface area contributed by atoms with Crippen LogP contribution in [0.4, 0.5) is 5.13 Å². The van der Waals surface area contributed by atoms with Crippen LogP contribution in [0.5, 0.6) is 5.75 Å². The number of aromatic nitrogens is 1. The number of carbonyl (C=O) groups excluding carboxylic acids is 1. The smallest absolute Gasteiger partial charge is 0.240 e. The van der Waals surface area contributed by atoms with Crippen molar-refractivity contribution >= 4 is 34.8 Å². The van der Waals surface area contributed by atoms with Crippen molar-refractivity contribution in [1.29, 1.82) is 0 Å². The normalized spacial score (nSPS) is 12.2. The summed E-state index contributed by atoms with van der Waals surface area (Å²) in [5.41, 5.74) is 3.12. The molecule has 1 amide bonds. The van der Waals surface area contributed by atoms with Crippen molar-refractivity contribution in [3.8, 4) is 17.0 Å². The van der Waals surface area contributed by atoms with E-state index in [9.17, 15) is 4.79 Å². The second-order valence-electron chi connectivity index (χ2n) is 5.18. The summed E-state index contributed by atoms with van der Waals surface area (Å²) >= 11 is 1.42. The number of hydrogen-bond acceptors (Lipinski definition) is 6. The Labute approximate surface area is 151 Å². The number of hydrogen-bond donors (Lipinski definition) is 2. The first-order valence-electron chi connectivity index (χ1n) is 7.47. The standard InChI is InChI=1S/C16H19N3O3S.ClH/c1-21-7-5-17-9-15(20)19-16-18-13(10-23-16)11-2-3-14-12(8-11)4-6-22-14;/h2-3,8,10,17H,4-7,9H2,1H3,(H,18,19,20);1H. The first-order chi connectivity index (χ1) is 11.3. The van der Waals surface area contributed by atoms with Crippen LogP contribution < -0.4 is 15.4 Å². The highest BCUT2D eigenvalue weighted by Gasteiger charge is 2.14. The van der Waals surface area contributed by atoms with Gasteiger partial charge in [-0.25, -0.2) is 4.98 Å². The second-order valence-corrected chi connectivity index (χ2v) is 6.03. The van der Waals surface area contributed by atoms with Gasteiger partial charge in [0, 0.05) is 31.0 Å². The summed E-state index contributed by atoms with van der Waals surface area (Å²) in [4.78, 5) is 16.3. The van der Waals surface area contributed by atoms with E-state index >= 15 is 0 Å². The second kappa shape index (κ2) is 8.98. The SMILES string of the molecule is COCCNCC(=O)Nc1nc(-c2ccc3c(c2)CCO3)cs1.Cl. The number of methoxy groups -OCH3 is 1. The largest absolute Gasteiger partial charge is 0.493 e. The van der Waals surface area contributed by atoms with Crippen molar-refractivity contribution in [3.05, 3.63) is 29.1 Å².